The van der Waals surface area contributed by atoms with Gasteiger partial charge in [-0.25, -0.2) is 0 Å². The number of benzene rings is 1. The molecule has 0 bridgehead atoms. The van der Waals surface area contributed by atoms with E-state index in [0.717, 1.165) is 41.3 Å². The number of nitrogens with one attached hydrogen (secondary N) is 2. The zero-order valence-corrected chi connectivity index (χ0v) is 17.5. The Morgan fingerprint density at radius 1 is 1.14 bits per heavy atom. The molecular weight excluding hydrogens is 360 g/mol. The minimum atomic E-state index is -0.0918. The molecule has 2 aliphatic heterocycles. The Bertz CT molecular complexity index is 1080. The highest BCUT2D eigenvalue weighted by Gasteiger charge is 2.23. The number of aromatic amines is 1. The molecule has 0 spiro atoms. The number of H-pyrrole nitrogens is 1. The van der Waals surface area contributed by atoms with E-state index >= 15 is 0 Å². The maximum Gasteiger partial charge on any atom is 0.258 e. The highest BCUT2D eigenvalue weighted by molar-refractivity contribution is 6.05. The molecule has 2 N–H and O–H groups in total. The Morgan fingerprint density at radius 3 is 2.76 bits per heavy atom. The maximum absolute atomic E-state index is 12.6. The Balaban J connectivity index is 1.74. The lowest BCUT2D eigenvalue weighted by molar-refractivity contribution is 0.425. The van der Waals surface area contributed by atoms with Crippen molar-refractivity contribution in [2.45, 2.75) is 39.8 Å². The molecule has 0 saturated carbocycles. The van der Waals surface area contributed by atoms with Gasteiger partial charge in [0, 0.05) is 42.1 Å². The summed E-state index contributed by atoms with van der Waals surface area (Å²) in [5.41, 5.74) is 6.20. The summed E-state index contributed by atoms with van der Waals surface area (Å²) in [6.07, 6.45) is 0. The number of piperazine rings is 1. The van der Waals surface area contributed by atoms with E-state index in [9.17, 15) is 4.79 Å². The highest BCUT2D eigenvalue weighted by atomic mass is 16.1. The highest BCUT2D eigenvalue weighted by Crippen LogP contribution is 2.29. The smallest absolute Gasteiger partial charge is 0.258 e. The molecule has 0 radical (unpaired) electrons. The van der Waals surface area contributed by atoms with E-state index in [1.54, 1.807) is 0 Å². The first-order chi connectivity index (χ1) is 13.9. The van der Waals surface area contributed by atoms with Crippen LogP contribution in [0.3, 0.4) is 0 Å². The van der Waals surface area contributed by atoms with Crippen molar-refractivity contribution in [3.05, 3.63) is 70.0 Å². The van der Waals surface area contributed by atoms with Crippen molar-refractivity contribution in [2.75, 3.05) is 18.0 Å². The lowest BCUT2D eigenvalue weighted by atomic mass is 10.1. The van der Waals surface area contributed by atoms with Crippen LogP contribution >= 0.6 is 0 Å². The normalized spacial score (nSPS) is 20.3. The molecule has 5 nitrogen and oxygen atoms in total. The van der Waals surface area contributed by atoms with Crippen LogP contribution < -0.4 is 15.8 Å². The molecule has 5 heteroatoms. The molecule has 1 aliphatic carbocycles. The van der Waals surface area contributed by atoms with Gasteiger partial charge in [0.2, 0.25) is 0 Å². The second-order valence-corrected chi connectivity index (χ2v) is 8.05. The van der Waals surface area contributed by atoms with Crippen LogP contribution in [0.15, 0.2) is 58.3 Å². The summed E-state index contributed by atoms with van der Waals surface area (Å²) < 4.78 is 0. The molecule has 1 fully saturated rings. The summed E-state index contributed by atoms with van der Waals surface area (Å²) in [4.78, 5) is 22.9. The van der Waals surface area contributed by atoms with Gasteiger partial charge in [0.15, 0.2) is 0 Å². The van der Waals surface area contributed by atoms with E-state index < -0.39 is 0 Å². The summed E-state index contributed by atoms with van der Waals surface area (Å²) in [6, 6.07) is 17.0. The van der Waals surface area contributed by atoms with E-state index in [4.69, 9.17) is 4.99 Å². The average molecular weight is 389 g/mol. The number of aryl methyl sites for hydroxylation is 1. The first-order valence-corrected chi connectivity index (χ1v) is 10.2. The molecule has 150 valence electrons. The number of aliphatic imine (C=N–C) groups is 1. The van der Waals surface area contributed by atoms with Crippen LogP contribution in [0.1, 0.15) is 31.9 Å². The van der Waals surface area contributed by atoms with Gasteiger partial charge in [-0.2, -0.15) is 0 Å². The van der Waals surface area contributed by atoms with Crippen molar-refractivity contribution in [1.82, 2.24) is 10.3 Å². The standard InChI is InChI=1S/C24H28N4O/c1-15-10-11-19(28-14-16(2)25-13-17(28)3)12-22(15)26-18(4)23-20-8-6-5-7-9-21(20)27-24(23)29/h5-12,16-17,25H,13-14H2,1-4H3,(H,27,29)/b26-18+/t16?,17-/m0/s1. The number of hydrogen-bond donors (Lipinski definition) is 2. The molecule has 0 amide bonds. The second kappa shape index (κ2) is 7.84. The topological polar surface area (TPSA) is 60.5 Å². The van der Waals surface area contributed by atoms with Crippen LogP contribution in [-0.4, -0.2) is 35.9 Å². The monoisotopic (exact) mass is 388 g/mol. The van der Waals surface area contributed by atoms with Crippen LogP contribution in [0.4, 0.5) is 11.4 Å². The fourth-order valence-corrected chi connectivity index (χ4v) is 4.06. The van der Waals surface area contributed by atoms with Crippen molar-refractivity contribution < 1.29 is 0 Å². The van der Waals surface area contributed by atoms with Gasteiger partial charge < -0.3 is 15.2 Å². The van der Waals surface area contributed by atoms with Crippen molar-refractivity contribution >= 4 is 17.1 Å². The van der Waals surface area contributed by atoms with Gasteiger partial charge in [0.05, 0.1) is 17.0 Å². The molecule has 1 aromatic carbocycles. The van der Waals surface area contributed by atoms with Crippen LogP contribution in [0, 0.1) is 6.92 Å². The molecule has 3 aliphatic rings. The summed E-state index contributed by atoms with van der Waals surface area (Å²) in [5, 5.41) is 3.53. The zero-order chi connectivity index (χ0) is 20.5. The van der Waals surface area contributed by atoms with Gasteiger partial charge >= 0.3 is 0 Å². The Morgan fingerprint density at radius 2 is 1.93 bits per heavy atom. The lowest BCUT2D eigenvalue weighted by Crippen LogP contribution is -2.54. The summed E-state index contributed by atoms with van der Waals surface area (Å²) in [7, 11) is 0. The molecule has 2 heterocycles. The molecule has 1 aromatic rings. The lowest BCUT2D eigenvalue weighted by Gasteiger charge is -2.39. The van der Waals surface area contributed by atoms with Gasteiger partial charge in [0.1, 0.15) is 0 Å². The maximum atomic E-state index is 12.6. The molecule has 1 saturated heterocycles. The third-order valence-corrected chi connectivity index (χ3v) is 5.72. The van der Waals surface area contributed by atoms with Crippen molar-refractivity contribution in [2.24, 2.45) is 4.99 Å². The number of anilines is 1. The van der Waals surface area contributed by atoms with Gasteiger partial charge in [-0.1, -0.05) is 30.3 Å². The third kappa shape index (κ3) is 3.83. The van der Waals surface area contributed by atoms with E-state index in [-0.39, 0.29) is 5.56 Å². The zero-order valence-electron chi connectivity index (χ0n) is 17.5. The van der Waals surface area contributed by atoms with Gasteiger partial charge in [-0.3, -0.25) is 9.79 Å². The Kier molecular flexibility index (Phi) is 5.24. The predicted molar refractivity (Wildman–Crippen MR) is 121 cm³/mol. The number of aromatic nitrogens is 1. The Hall–Kier alpha value is -2.92. The fraction of sp³-hybridized carbons (Fsp3) is 0.333. The minimum Gasteiger partial charge on any atom is -0.366 e. The number of fused-ring (bicyclic) bond motifs is 1. The third-order valence-electron chi connectivity index (χ3n) is 5.72. The molecule has 29 heavy (non-hydrogen) atoms. The van der Waals surface area contributed by atoms with E-state index in [1.807, 2.05) is 37.3 Å². The first kappa shape index (κ1) is 19.4. The van der Waals surface area contributed by atoms with E-state index in [0.29, 0.717) is 17.6 Å². The predicted octanol–water partition coefficient (Wildman–Crippen LogP) is 4.12. The van der Waals surface area contributed by atoms with Gasteiger partial charge in [-0.15, -0.1) is 0 Å². The molecule has 4 rings (SSSR count). The second-order valence-electron chi connectivity index (χ2n) is 8.05. The van der Waals surface area contributed by atoms with Gasteiger partial charge in [-0.05, 0) is 51.5 Å². The molecule has 1 unspecified atom stereocenters. The number of hydrogen-bond acceptors (Lipinski definition) is 4. The van der Waals surface area contributed by atoms with Crippen molar-refractivity contribution in [3.63, 3.8) is 0 Å². The fourth-order valence-electron chi connectivity index (χ4n) is 4.06. The van der Waals surface area contributed by atoms with E-state index in [2.05, 4.69) is 54.2 Å². The number of rotatable bonds is 3. The number of nitrogens with zero attached hydrogens (tertiary/aromatic N) is 2. The molecule has 0 aromatic heterocycles. The first-order valence-electron chi connectivity index (χ1n) is 10.2. The molecular formula is C24H28N4O. The largest absolute Gasteiger partial charge is 0.366 e. The van der Waals surface area contributed by atoms with Crippen LogP contribution in [0.2, 0.25) is 0 Å². The van der Waals surface area contributed by atoms with E-state index in [1.165, 1.54) is 5.69 Å². The van der Waals surface area contributed by atoms with Crippen molar-refractivity contribution in [1.29, 1.82) is 0 Å². The average Bonchev–Trinajstić information content (AvgIpc) is 2.84. The minimum absolute atomic E-state index is 0.0918. The van der Waals surface area contributed by atoms with Crippen LogP contribution in [-0.2, 0) is 0 Å². The van der Waals surface area contributed by atoms with Crippen LogP contribution in [0.5, 0.6) is 0 Å². The summed E-state index contributed by atoms with van der Waals surface area (Å²) >= 11 is 0. The molecule has 2 atom stereocenters. The van der Waals surface area contributed by atoms with Gasteiger partial charge in [0.25, 0.3) is 5.56 Å². The SMILES string of the molecule is C/C(=N\c1cc(N2CC(C)NC[C@@H]2C)ccc1C)c1c2cccccc-2[nH]c1=O. The van der Waals surface area contributed by atoms with Crippen LogP contribution in [0.25, 0.3) is 11.3 Å². The quantitative estimate of drug-likeness (QED) is 0.664. The summed E-state index contributed by atoms with van der Waals surface area (Å²) in [5.74, 6) is 0. The summed E-state index contributed by atoms with van der Waals surface area (Å²) in [6.45, 7) is 10.4. The Labute approximate surface area is 171 Å². The van der Waals surface area contributed by atoms with Crippen molar-refractivity contribution in [3.8, 4) is 11.3 Å².